The number of aliphatic imine (C=N–C) groups is 1. The second kappa shape index (κ2) is 6.47. The number of β-amino-alcohol motifs (C(OH)–C–C–N with tert-alkyl or cyclic N) is 1. The van der Waals surface area contributed by atoms with Gasteiger partial charge in [-0.2, -0.15) is 0 Å². The largest absolute Gasteiger partial charge is 0.504 e. The number of fused-ring (bicyclic) bond motifs is 6. The molecule has 2 aliphatic heterocycles. The van der Waals surface area contributed by atoms with Gasteiger partial charge in [0.2, 0.25) is 5.72 Å². The Labute approximate surface area is 186 Å². The minimum absolute atomic E-state index is 0.0299. The van der Waals surface area contributed by atoms with E-state index in [1.807, 2.05) is 42.6 Å². The van der Waals surface area contributed by atoms with Crippen LogP contribution in [0.2, 0.25) is 0 Å². The lowest BCUT2D eigenvalue weighted by atomic mass is 9.75. The van der Waals surface area contributed by atoms with Gasteiger partial charge in [0.05, 0.1) is 18.2 Å². The number of phenols is 1. The summed E-state index contributed by atoms with van der Waals surface area (Å²) in [5.74, 6) is 0.440. The third-order valence-corrected chi connectivity index (χ3v) is 7.03. The summed E-state index contributed by atoms with van der Waals surface area (Å²) in [6, 6.07) is 22.1. The van der Waals surface area contributed by atoms with Crippen LogP contribution in [-0.2, 0) is 5.41 Å². The Kier molecular flexibility index (Phi) is 3.87. The first-order valence-electron chi connectivity index (χ1n) is 10.9. The Bertz CT molecular complexity index is 1430. The van der Waals surface area contributed by atoms with Crippen LogP contribution in [0.1, 0.15) is 19.4 Å². The fourth-order valence-corrected chi connectivity index (χ4v) is 5.50. The first kappa shape index (κ1) is 19.1. The molecule has 0 aromatic heterocycles. The number of benzene rings is 4. The molecule has 4 aromatic carbocycles. The summed E-state index contributed by atoms with van der Waals surface area (Å²) in [6.45, 7) is 4.64. The predicted molar refractivity (Wildman–Crippen MR) is 129 cm³/mol. The number of aromatic hydroxyl groups is 1. The van der Waals surface area contributed by atoms with Gasteiger partial charge in [-0.25, -0.2) is 0 Å². The monoisotopic (exact) mass is 424 g/mol. The number of anilines is 1. The van der Waals surface area contributed by atoms with E-state index in [0.717, 1.165) is 32.8 Å². The molecular formula is C27H24N2O3. The lowest BCUT2D eigenvalue weighted by Crippen LogP contribution is -2.62. The van der Waals surface area contributed by atoms with Gasteiger partial charge >= 0.3 is 0 Å². The van der Waals surface area contributed by atoms with E-state index in [-0.39, 0.29) is 12.4 Å². The quantitative estimate of drug-likeness (QED) is 0.460. The van der Waals surface area contributed by atoms with Crippen molar-refractivity contribution < 1.29 is 14.9 Å². The van der Waals surface area contributed by atoms with Crippen molar-refractivity contribution in [2.24, 2.45) is 4.99 Å². The summed E-state index contributed by atoms with van der Waals surface area (Å²) in [7, 11) is 0. The molecule has 2 aliphatic rings. The van der Waals surface area contributed by atoms with Crippen LogP contribution in [0.5, 0.6) is 11.5 Å². The molecule has 5 heteroatoms. The number of ether oxygens (including phenoxy) is 1. The van der Waals surface area contributed by atoms with Crippen molar-refractivity contribution in [2.45, 2.75) is 25.0 Å². The summed E-state index contributed by atoms with van der Waals surface area (Å²) in [5, 5.41) is 25.0. The van der Waals surface area contributed by atoms with Crippen LogP contribution in [0, 0.1) is 0 Å². The smallest absolute Gasteiger partial charge is 0.229 e. The third kappa shape index (κ3) is 2.29. The molecule has 0 radical (unpaired) electrons. The highest BCUT2D eigenvalue weighted by atomic mass is 16.5. The normalized spacial score (nSPS) is 20.5. The standard InChI is InChI=1S/C27H24N2O3/c1-26(2)23-19-9-5-3-7-17(19)11-12-21(23)29(13-14-30)27(26)16-28-24-20-10-6-4-8-18(20)15-22(31)25(24)32-27/h3-12,15-16,30-31H,13-14H2,1-2H3. The van der Waals surface area contributed by atoms with Gasteiger partial charge in [0.1, 0.15) is 5.69 Å². The topological polar surface area (TPSA) is 65.3 Å². The average molecular weight is 425 g/mol. The molecule has 2 N–H and O–H groups in total. The van der Waals surface area contributed by atoms with Crippen molar-refractivity contribution >= 4 is 39.1 Å². The average Bonchev–Trinajstić information content (AvgIpc) is 2.98. The highest BCUT2D eigenvalue weighted by Gasteiger charge is 2.60. The second-order valence-electron chi connectivity index (χ2n) is 9.03. The Morgan fingerprint density at radius 3 is 2.44 bits per heavy atom. The third-order valence-electron chi connectivity index (χ3n) is 7.03. The molecule has 32 heavy (non-hydrogen) atoms. The van der Waals surface area contributed by atoms with Gasteiger partial charge in [-0.1, -0.05) is 54.6 Å². The molecule has 0 saturated heterocycles. The SMILES string of the molecule is CC1(C)c2c(ccc3ccccc23)N(CCO)C12C=Nc1c(c(O)cc3ccccc13)O2. The predicted octanol–water partition coefficient (Wildman–Crippen LogP) is 5.28. The van der Waals surface area contributed by atoms with Crippen LogP contribution in [0.3, 0.4) is 0 Å². The van der Waals surface area contributed by atoms with Gasteiger partial charge < -0.3 is 19.8 Å². The van der Waals surface area contributed by atoms with Crippen molar-refractivity contribution in [3.63, 3.8) is 0 Å². The van der Waals surface area contributed by atoms with Gasteiger partial charge in [0.15, 0.2) is 11.5 Å². The molecule has 1 spiro atoms. The zero-order valence-corrected chi connectivity index (χ0v) is 18.0. The maximum atomic E-state index is 10.9. The first-order chi connectivity index (χ1) is 15.5. The van der Waals surface area contributed by atoms with Gasteiger partial charge in [0, 0.05) is 17.6 Å². The van der Waals surface area contributed by atoms with Crippen molar-refractivity contribution in [1.82, 2.24) is 0 Å². The Morgan fingerprint density at radius 2 is 1.66 bits per heavy atom. The molecule has 6 rings (SSSR count). The number of aliphatic hydroxyl groups excluding tert-OH is 1. The van der Waals surface area contributed by atoms with E-state index < -0.39 is 11.1 Å². The van der Waals surface area contributed by atoms with E-state index >= 15 is 0 Å². The molecule has 0 aliphatic carbocycles. The second-order valence-corrected chi connectivity index (χ2v) is 9.03. The number of nitrogens with zero attached hydrogens (tertiary/aromatic N) is 2. The van der Waals surface area contributed by atoms with E-state index in [0.29, 0.717) is 18.0 Å². The van der Waals surface area contributed by atoms with Crippen molar-refractivity contribution in [3.8, 4) is 11.5 Å². The summed E-state index contributed by atoms with van der Waals surface area (Å²) < 4.78 is 6.75. The molecular weight excluding hydrogens is 400 g/mol. The van der Waals surface area contributed by atoms with Gasteiger partial charge in [-0.05, 0) is 47.7 Å². The fourth-order valence-electron chi connectivity index (χ4n) is 5.50. The van der Waals surface area contributed by atoms with Gasteiger partial charge in [-0.15, -0.1) is 0 Å². The van der Waals surface area contributed by atoms with Crippen LogP contribution in [0.15, 0.2) is 71.7 Å². The van der Waals surface area contributed by atoms with E-state index in [2.05, 4.69) is 43.0 Å². The number of aliphatic hydroxyl groups is 1. The molecule has 0 saturated carbocycles. The first-order valence-corrected chi connectivity index (χ1v) is 10.9. The molecule has 5 nitrogen and oxygen atoms in total. The number of hydrogen-bond donors (Lipinski definition) is 2. The Morgan fingerprint density at radius 1 is 0.938 bits per heavy atom. The number of phenolic OH excluding ortho intramolecular Hbond substituents is 1. The molecule has 1 atom stereocenters. The highest BCUT2D eigenvalue weighted by molar-refractivity contribution is 6.03. The molecule has 0 bridgehead atoms. The van der Waals surface area contributed by atoms with Crippen molar-refractivity contribution in [3.05, 3.63) is 72.3 Å². The van der Waals surface area contributed by atoms with E-state index in [4.69, 9.17) is 9.73 Å². The van der Waals surface area contributed by atoms with Gasteiger partial charge in [0.25, 0.3) is 0 Å². The lowest BCUT2D eigenvalue weighted by molar-refractivity contribution is 0.0717. The molecule has 1 unspecified atom stereocenters. The van der Waals surface area contributed by atoms with Crippen molar-refractivity contribution in [2.75, 3.05) is 18.1 Å². The van der Waals surface area contributed by atoms with Crippen LogP contribution < -0.4 is 9.64 Å². The molecule has 4 aromatic rings. The minimum atomic E-state index is -0.991. The lowest BCUT2D eigenvalue weighted by Gasteiger charge is -2.46. The van der Waals surface area contributed by atoms with Crippen LogP contribution >= 0.6 is 0 Å². The summed E-state index contributed by atoms with van der Waals surface area (Å²) >= 11 is 0. The van der Waals surface area contributed by atoms with Gasteiger partial charge in [-0.3, -0.25) is 4.99 Å². The Hall–Kier alpha value is -3.57. The zero-order valence-electron chi connectivity index (χ0n) is 18.0. The van der Waals surface area contributed by atoms with Crippen LogP contribution in [0.4, 0.5) is 11.4 Å². The molecule has 0 amide bonds. The minimum Gasteiger partial charge on any atom is -0.504 e. The summed E-state index contributed by atoms with van der Waals surface area (Å²) in [4.78, 5) is 6.95. The van der Waals surface area contributed by atoms with E-state index in [1.54, 1.807) is 6.07 Å². The van der Waals surface area contributed by atoms with E-state index in [1.165, 1.54) is 0 Å². The Balaban J connectivity index is 1.62. The van der Waals surface area contributed by atoms with E-state index in [9.17, 15) is 10.2 Å². The summed E-state index contributed by atoms with van der Waals surface area (Å²) in [6.07, 6.45) is 1.85. The maximum Gasteiger partial charge on any atom is 0.229 e. The van der Waals surface area contributed by atoms with Crippen molar-refractivity contribution in [1.29, 1.82) is 0 Å². The summed E-state index contributed by atoms with van der Waals surface area (Å²) in [5.41, 5.74) is 1.29. The maximum absolute atomic E-state index is 10.9. The molecule has 160 valence electrons. The number of rotatable bonds is 2. The van der Waals surface area contributed by atoms with Crippen LogP contribution in [0.25, 0.3) is 21.5 Å². The zero-order chi connectivity index (χ0) is 22.1. The molecule has 0 fully saturated rings. The fraction of sp³-hybridized carbons (Fsp3) is 0.222. The number of hydrogen-bond acceptors (Lipinski definition) is 5. The highest BCUT2D eigenvalue weighted by Crippen LogP contribution is 2.57. The molecule has 2 heterocycles. The van der Waals surface area contributed by atoms with Crippen LogP contribution in [-0.4, -0.2) is 35.3 Å².